The van der Waals surface area contributed by atoms with E-state index in [0.29, 0.717) is 10.7 Å². The van der Waals surface area contributed by atoms with Crippen molar-refractivity contribution in [1.82, 2.24) is 15.2 Å². The molecule has 0 atom stereocenters. The number of thioether (sulfide) groups is 1. The predicted octanol–water partition coefficient (Wildman–Crippen LogP) is 5.32. The first-order valence-corrected chi connectivity index (χ1v) is 10.2. The predicted molar refractivity (Wildman–Crippen MR) is 117 cm³/mol. The van der Waals surface area contributed by atoms with Gasteiger partial charge in [0.25, 0.3) is 5.91 Å². The van der Waals surface area contributed by atoms with Crippen molar-refractivity contribution < 1.29 is 4.79 Å². The Balaban J connectivity index is 1.35. The molecule has 0 unspecified atom stereocenters. The summed E-state index contributed by atoms with van der Waals surface area (Å²) in [5.74, 6) is 1.37. The Bertz CT molecular complexity index is 1090. The molecule has 1 aromatic heterocycles. The van der Waals surface area contributed by atoms with Crippen molar-refractivity contribution in [3.05, 3.63) is 95.6 Å². The minimum atomic E-state index is -0.118. The van der Waals surface area contributed by atoms with Crippen LogP contribution in [0.1, 0.15) is 21.5 Å². The van der Waals surface area contributed by atoms with Crippen LogP contribution in [0.2, 0.25) is 0 Å². The maximum Gasteiger partial charge on any atom is 0.255 e. The summed E-state index contributed by atoms with van der Waals surface area (Å²) in [4.78, 5) is 16.9. The van der Waals surface area contributed by atoms with Gasteiger partial charge in [0.15, 0.2) is 5.82 Å². The van der Waals surface area contributed by atoms with Crippen LogP contribution in [0.15, 0.2) is 84.0 Å². The summed E-state index contributed by atoms with van der Waals surface area (Å²) in [6, 6.07) is 25.2. The van der Waals surface area contributed by atoms with Crippen LogP contribution in [0.5, 0.6) is 0 Å². The number of hydrogen-bond acceptors (Lipinski definition) is 4. The number of nitrogens with one attached hydrogen (secondary N) is 2. The van der Waals surface area contributed by atoms with Gasteiger partial charge in [0, 0.05) is 22.6 Å². The van der Waals surface area contributed by atoms with E-state index in [9.17, 15) is 4.79 Å². The Morgan fingerprint density at radius 1 is 0.966 bits per heavy atom. The van der Waals surface area contributed by atoms with E-state index < -0.39 is 0 Å². The molecule has 29 heavy (non-hydrogen) atoms. The number of carbonyl (C=O) groups excluding carboxylic acids is 1. The Morgan fingerprint density at radius 3 is 2.41 bits per heavy atom. The second-order valence-corrected chi connectivity index (χ2v) is 7.58. The lowest BCUT2D eigenvalue weighted by Gasteiger charge is -2.06. The molecule has 1 heterocycles. The Labute approximate surface area is 173 Å². The zero-order valence-corrected chi connectivity index (χ0v) is 16.7. The molecule has 0 radical (unpaired) electrons. The molecule has 0 aliphatic heterocycles. The summed E-state index contributed by atoms with van der Waals surface area (Å²) in [7, 11) is 0. The third kappa shape index (κ3) is 4.92. The van der Waals surface area contributed by atoms with Gasteiger partial charge in [-0.3, -0.25) is 9.89 Å². The number of aryl methyl sites for hydroxylation is 1. The van der Waals surface area contributed by atoms with E-state index in [1.165, 1.54) is 5.56 Å². The van der Waals surface area contributed by atoms with Crippen LogP contribution in [0.25, 0.3) is 11.4 Å². The number of H-pyrrole nitrogens is 1. The quantitative estimate of drug-likeness (QED) is 0.430. The van der Waals surface area contributed by atoms with Gasteiger partial charge in [-0.05, 0) is 36.8 Å². The van der Waals surface area contributed by atoms with Crippen molar-refractivity contribution in [2.24, 2.45) is 0 Å². The number of benzene rings is 3. The van der Waals surface area contributed by atoms with Crippen LogP contribution in [-0.2, 0) is 5.75 Å². The van der Waals surface area contributed by atoms with Gasteiger partial charge in [-0.2, -0.15) is 0 Å². The Kier molecular flexibility index (Phi) is 5.72. The van der Waals surface area contributed by atoms with E-state index in [0.717, 1.165) is 28.4 Å². The van der Waals surface area contributed by atoms with Gasteiger partial charge in [0.1, 0.15) is 0 Å². The Hall–Kier alpha value is -3.38. The molecule has 0 spiro atoms. The molecule has 0 bridgehead atoms. The first-order chi connectivity index (χ1) is 14.2. The highest BCUT2D eigenvalue weighted by Crippen LogP contribution is 2.23. The summed E-state index contributed by atoms with van der Waals surface area (Å²) in [6.45, 7) is 2.06. The summed E-state index contributed by atoms with van der Waals surface area (Å²) < 4.78 is 0. The molecule has 0 saturated heterocycles. The summed E-state index contributed by atoms with van der Waals surface area (Å²) >= 11 is 1.56. The van der Waals surface area contributed by atoms with Crippen molar-refractivity contribution in [3.8, 4) is 11.4 Å². The lowest BCUT2D eigenvalue weighted by atomic mass is 10.1. The Morgan fingerprint density at radius 2 is 1.69 bits per heavy atom. The van der Waals surface area contributed by atoms with E-state index in [4.69, 9.17) is 0 Å². The number of amides is 1. The SMILES string of the molecule is Cc1ccc(-c2nc(SCc3ccc(C(=O)Nc4ccccc4)cc3)n[nH]2)cc1. The molecule has 0 aliphatic rings. The smallest absolute Gasteiger partial charge is 0.255 e. The molecule has 1 amide bonds. The number of para-hydroxylation sites is 1. The fraction of sp³-hybridized carbons (Fsp3) is 0.0870. The van der Waals surface area contributed by atoms with Crippen molar-refractivity contribution in [3.63, 3.8) is 0 Å². The van der Waals surface area contributed by atoms with Gasteiger partial charge in [0.2, 0.25) is 5.16 Å². The van der Waals surface area contributed by atoms with Crippen LogP contribution >= 0.6 is 11.8 Å². The zero-order valence-electron chi connectivity index (χ0n) is 15.9. The van der Waals surface area contributed by atoms with Gasteiger partial charge >= 0.3 is 0 Å². The number of anilines is 1. The van der Waals surface area contributed by atoms with E-state index in [-0.39, 0.29) is 5.91 Å². The lowest BCUT2D eigenvalue weighted by molar-refractivity contribution is 0.102. The minimum absolute atomic E-state index is 0.118. The molecule has 0 aliphatic carbocycles. The van der Waals surface area contributed by atoms with Gasteiger partial charge in [-0.15, -0.1) is 5.10 Å². The van der Waals surface area contributed by atoms with Gasteiger partial charge in [-0.25, -0.2) is 4.98 Å². The lowest BCUT2D eigenvalue weighted by Crippen LogP contribution is -2.11. The van der Waals surface area contributed by atoms with Crippen LogP contribution in [0, 0.1) is 6.92 Å². The first kappa shape index (κ1) is 19.0. The van der Waals surface area contributed by atoms with Crippen molar-refractivity contribution in [2.75, 3.05) is 5.32 Å². The second kappa shape index (κ2) is 8.75. The highest BCUT2D eigenvalue weighted by molar-refractivity contribution is 7.98. The second-order valence-electron chi connectivity index (χ2n) is 6.64. The maximum absolute atomic E-state index is 12.3. The third-order valence-electron chi connectivity index (χ3n) is 4.41. The largest absolute Gasteiger partial charge is 0.322 e. The number of nitrogens with zero attached hydrogens (tertiary/aromatic N) is 2. The number of hydrogen-bond donors (Lipinski definition) is 2. The molecule has 4 aromatic rings. The molecule has 0 saturated carbocycles. The van der Waals surface area contributed by atoms with E-state index in [1.54, 1.807) is 11.8 Å². The fourth-order valence-corrected chi connectivity index (χ4v) is 3.53. The summed E-state index contributed by atoms with van der Waals surface area (Å²) in [5, 5.41) is 10.9. The number of carbonyl (C=O) groups is 1. The summed E-state index contributed by atoms with van der Waals surface area (Å²) in [5.41, 5.74) is 4.74. The topological polar surface area (TPSA) is 70.7 Å². The number of aromatic nitrogens is 3. The van der Waals surface area contributed by atoms with Gasteiger partial charge < -0.3 is 5.32 Å². The highest BCUT2D eigenvalue weighted by atomic mass is 32.2. The van der Waals surface area contributed by atoms with Crippen molar-refractivity contribution >= 4 is 23.4 Å². The number of rotatable bonds is 6. The molecule has 0 fully saturated rings. The molecule has 4 rings (SSSR count). The zero-order chi connectivity index (χ0) is 20.1. The van der Waals surface area contributed by atoms with Gasteiger partial charge in [0.05, 0.1) is 0 Å². The average Bonchev–Trinajstić information content (AvgIpc) is 3.23. The van der Waals surface area contributed by atoms with Gasteiger partial charge in [-0.1, -0.05) is 71.9 Å². The van der Waals surface area contributed by atoms with E-state index >= 15 is 0 Å². The van der Waals surface area contributed by atoms with Crippen molar-refractivity contribution in [1.29, 1.82) is 0 Å². The van der Waals surface area contributed by atoms with E-state index in [1.807, 2.05) is 66.7 Å². The standard InChI is InChI=1S/C23H20N4OS/c1-16-7-11-18(12-8-16)21-25-23(27-26-21)29-15-17-9-13-19(14-10-17)22(28)24-20-5-3-2-4-6-20/h2-14H,15H2,1H3,(H,24,28)(H,25,26,27). The van der Waals surface area contributed by atoms with Crippen LogP contribution < -0.4 is 5.32 Å². The minimum Gasteiger partial charge on any atom is -0.322 e. The molecule has 5 nitrogen and oxygen atoms in total. The molecular weight excluding hydrogens is 380 g/mol. The van der Waals surface area contributed by atoms with Crippen LogP contribution in [-0.4, -0.2) is 21.1 Å². The molecular formula is C23H20N4OS. The number of aromatic amines is 1. The highest BCUT2D eigenvalue weighted by Gasteiger charge is 2.08. The summed E-state index contributed by atoms with van der Waals surface area (Å²) in [6.07, 6.45) is 0. The maximum atomic E-state index is 12.3. The van der Waals surface area contributed by atoms with Crippen molar-refractivity contribution in [2.45, 2.75) is 17.8 Å². The third-order valence-corrected chi connectivity index (χ3v) is 5.32. The monoisotopic (exact) mass is 400 g/mol. The normalized spacial score (nSPS) is 10.7. The van der Waals surface area contributed by atoms with E-state index in [2.05, 4.69) is 39.6 Å². The first-order valence-electron chi connectivity index (χ1n) is 9.25. The van der Waals surface area contributed by atoms with Crippen LogP contribution in [0.3, 0.4) is 0 Å². The molecule has 2 N–H and O–H groups in total. The molecule has 3 aromatic carbocycles. The molecule has 144 valence electrons. The molecule has 6 heteroatoms. The van der Waals surface area contributed by atoms with Crippen LogP contribution in [0.4, 0.5) is 5.69 Å². The average molecular weight is 401 g/mol. The fourth-order valence-electron chi connectivity index (χ4n) is 2.78.